The smallest absolute Gasteiger partial charge is 0.248 e. The number of carbonyl (C=O) groups excluding carboxylic acids is 2. The average molecular weight is 462 g/mol. The molecular formula is C27H31N3O2S. The van der Waals surface area contributed by atoms with E-state index in [1.807, 2.05) is 55.6 Å². The Morgan fingerprint density at radius 3 is 2.48 bits per heavy atom. The first kappa shape index (κ1) is 23.2. The van der Waals surface area contributed by atoms with Gasteiger partial charge in [-0.25, -0.2) is 0 Å². The highest BCUT2D eigenvalue weighted by molar-refractivity contribution is 7.10. The Morgan fingerprint density at radius 2 is 1.85 bits per heavy atom. The maximum Gasteiger partial charge on any atom is 0.248 e. The van der Waals surface area contributed by atoms with Gasteiger partial charge in [-0.15, -0.1) is 11.3 Å². The zero-order valence-electron chi connectivity index (χ0n) is 19.3. The third-order valence-electron chi connectivity index (χ3n) is 6.12. The van der Waals surface area contributed by atoms with E-state index < -0.39 is 6.04 Å². The van der Waals surface area contributed by atoms with Crippen LogP contribution in [0.5, 0.6) is 0 Å². The number of pyridine rings is 1. The summed E-state index contributed by atoms with van der Waals surface area (Å²) in [5.41, 5.74) is 3.55. The lowest BCUT2D eigenvalue weighted by Crippen LogP contribution is -2.47. The van der Waals surface area contributed by atoms with Crippen molar-refractivity contribution in [3.63, 3.8) is 0 Å². The first-order valence-electron chi connectivity index (χ1n) is 11.6. The summed E-state index contributed by atoms with van der Waals surface area (Å²) in [6.07, 6.45) is 9.07. The zero-order chi connectivity index (χ0) is 23.2. The predicted molar refractivity (Wildman–Crippen MR) is 133 cm³/mol. The lowest BCUT2D eigenvalue weighted by molar-refractivity contribution is -0.127. The molecular weight excluding hydrogens is 430 g/mol. The fraction of sp³-hybridized carbons (Fsp3) is 0.370. The van der Waals surface area contributed by atoms with Gasteiger partial charge < -0.3 is 5.32 Å². The van der Waals surface area contributed by atoms with Crippen molar-refractivity contribution in [3.05, 3.63) is 81.8 Å². The quantitative estimate of drug-likeness (QED) is 0.503. The maximum absolute atomic E-state index is 13.8. The maximum atomic E-state index is 13.8. The topological polar surface area (TPSA) is 62.3 Å². The zero-order valence-corrected chi connectivity index (χ0v) is 20.1. The third kappa shape index (κ3) is 5.88. The van der Waals surface area contributed by atoms with Crippen molar-refractivity contribution in [1.82, 2.24) is 10.3 Å². The van der Waals surface area contributed by atoms with Gasteiger partial charge in [-0.1, -0.05) is 37.5 Å². The summed E-state index contributed by atoms with van der Waals surface area (Å²) in [6, 6.07) is 13.0. The molecule has 1 aliphatic rings. The molecule has 1 aromatic carbocycles. The number of aromatic nitrogens is 1. The van der Waals surface area contributed by atoms with E-state index in [-0.39, 0.29) is 24.3 Å². The Kier molecular flexibility index (Phi) is 7.55. The SMILES string of the molecule is Cc1cc(C)cc(N(C(=O)Cc2cccs2)C(C(=O)NC2CCCCC2)c2cccnc2)c1. The molecule has 1 fully saturated rings. The van der Waals surface area contributed by atoms with Crippen LogP contribution in [0.3, 0.4) is 0 Å². The van der Waals surface area contributed by atoms with Crippen LogP contribution in [0.4, 0.5) is 5.69 Å². The van der Waals surface area contributed by atoms with E-state index in [2.05, 4.69) is 16.4 Å². The van der Waals surface area contributed by atoms with Crippen LogP contribution in [-0.4, -0.2) is 22.8 Å². The molecule has 1 saturated carbocycles. The highest BCUT2D eigenvalue weighted by Crippen LogP contribution is 2.31. The van der Waals surface area contributed by atoms with Crippen molar-refractivity contribution in [3.8, 4) is 0 Å². The van der Waals surface area contributed by atoms with Gasteiger partial charge in [0, 0.05) is 34.6 Å². The largest absolute Gasteiger partial charge is 0.351 e. The minimum atomic E-state index is -0.783. The summed E-state index contributed by atoms with van der Waals surface area (Å²) in [6.45, 7) is 4.03. The Labute approximate surface area is 199 Å². The number of rotatable bonds is 7. The molecule has 2 amide bonds. The number of thiophene rings is 1. The summed E-state index contributed by atoms with van der Waals surface area (Å²) in [5.74, 6) is -0.247. The molecule has 0 saturated heterocycles. The molecule has 0 radical (unpaired) electrons. The van der Waals surface area contributed by atoms with Crippen LogP contribution in [0.25, 0.3) is 0 Å². The number of benzene rings is 1. The lowest BCUT2D eigenvalue weighted by Gasteiger charge is -2.33. The molecule has 5 nitrogen and oxygen atoms in total. The van der Waals surface area contributed by atoms with Crippen molar-refractivity contribution in [2.75, 3.05) is 4.90 Å². The number of carbonyl (C=O) groups is 2. The van der Waals surface area contributed by atoms with Gasteiger partial charge in [-0.05, 0) is 67.5 Å². The number of nitrogens with zero attached hydrogens (tertiary/aromatic N) is 2. The van der Waals surface area contributed by atoms with Gasteiger partial charge in [0.2, 0.25) is 11.8 Å². The molecule has 4 rings (SSSR count). The highest BCUT2D eigenvalue weighted by Gasteiger charge is 2.34. The first-order valence-corrected chi connectivity index (χ1v) is 12.5. The van der Waals surface area contributed by atoms with Crippen molar-refractivity contribution in [2.45, 2.75) is 64.5 Å². The van der Waals surface area contributed by atoms with Crippen LogP contribution in [-0.2, 0) is 16.0 Å². The molecule has 0 spiro atoms. The van der Waals surface area contributed by atoms with Crippen LogP contribution in [0.15, 0.2) is 60.2 Å². The van der Waals surface area contributed by atoms with Crippen molar-refractivity contribution < 1.29 is 9.59 Å². The van der Waals surface area contributed by atoms with Crippen LogP contribution in [0.1, 0.15) is 59.7 Å². The fourth-order valence-corrected chi connectivity index (χ4v) is 5.35. The van der Waals surface area contributed by atoms with Crippen molar-refractivity contribution >= 4 is 28.8 Å². The Bertz CT molecular complexity index is 1060. The van der Waals surface area contributed by atoms with Crippen molar-refractivity contribution in [1.29, 1.82) is 0 Å². The van der Waals surface area contributed by atoms with Crippen molar-refractivity contribution in [2.24, 2.45) is 0 Å². The van der Waals surface area contributed by atoms with Crippen LogP contribution >= 0.6 is 11.3 Å². The van der Waals surface area contributed by atoms with E-state index >= 15 is 0 Å². The minimum absolute atomic E-state index is 0.102. The Hall–Kier alpha value is -2.99. The molecule has 1 N–H and O–H groups in total. The van der Waals surface area contributed by atoms with Gasteiger partial charge in [0.25, 0.3) is 0 Å². The second-order valence-electron chi connectivity index (χ2n) is 8.90. The van der Waals surface area contributed by atoms with Gasteiger partial charge in [0.15, 0.2) is 0 Å². The molecule has 172 valence electrons. The molecule has 0 aliphatic heterocycles. The number of anilines is 1. The summed E-state index contributed by atoms with van der Waals surface area (Å²) in [7, 11) is 0. The molecule has 2 heterocycles. The summed E-state index contributed by atoms with van der Waals surface area (Å²) < 4.78 is 0. The molecule has 1 unspecified atom stereocenters. The second-order valence-corrected chi connectivity index (χ2v) is 9.93. The van der Waals surface area contributed by atoms with E-state index in [4.69, 9.17) is 0 Å². The third-order valence-corrected chi connectivity index (χ3v) is 6.99. The fourth-order valence-electron chi connectivity index (χ4n) is 4.66. The van der Waals surface area contributed by atoms with Gasteiger partial charge >= 0.3 is 0 Å². The Balaban J connectivity index is 1.75. The minimum Gasteiger partial charge on any atom is -0.351 e. The molecule has 1 atom stereocenters. The van der Waals surface area contributed by atoms with Gasteiger partial charge in [-0.3, -0.25) is 19.5 Å². The van der Waals surface area contributed by atoms with E-state index in [9.17, 15) is 9.59 Å². The molecule has 1 aliphatic carbocycles. The van der Waals surface area contributed by atoms with E-state index in [1.165, 1.54) is 6.42 Å². The second kappa shape index (κ2) is 10.8. The molecule has 33 heavy (non-hydrogen) atoms. The van der Waals surface area contributed by atoms with E-state index in [1.54, 1.807) is 28.6 Å². The van der Waals surface area contributed by atoms with E-state index in [0.29, 0.717) is 5.56 Å². The number of amides is 2. The molecule has 0 bridgehead atoms. The predicted octanol–water partition coefficient (Wildman–Crippen LogP) is 5.53. The lowest BCUT2D eigenvalue weighted by atomic mass is 9.94. The van der Waals surface area contributed by atoms with Crippen LogP contribution in [0, 0.1) is 13.8 Å². The number of hydrogen-bond acceptors (Lipinski definition) is 4. The first-order chi connectivity index (χ1) is 16.0. The van der Waals surface area contributed by atoms with Crippen LogP contribution in [0.2, 0.25) is 0 Å². The number of aryl methyl sites for hydroxylation is 2. The standard InChI is InChI=1S/C27H31N3O2S/c1-19-14-20(2)16-23(15-19)30(25(31)17-24-11-7-13-33-24)26(21-8-6-12-28-18-21)27(32)29-22-9-4-3-5-10-22/h6-8,11-16,18,22,26H,3-5,9-10,17H2,1-2H3,(H,29,32). The Morgan fingerprint density at radius 1 is 1.09 bits per heavy atom. The summed E-state index contributed by atoms with van der Waals surface area (Å²) in [5, 5.41) is 5.22. The normalized spacial score (nSPS) is 15.1. The number of hydrogen-bond donors (Lipinski definition) is 1. The highest BCUT2D eigenvalue weighted by atomic mass is 32.1. The average Bonchev–Trinajstić information content (AvgIpc) is 3.30. The van der Waals surface area contributed by atoms with Gasteiger partial charge in [0.05, 0.1) is 6.42 Å². The number of nitrogens with one attached hydrogen (secondary N) is 1. The van der Waals surface area contributed by atoms with Gasteiger partial charge in [0.1, 0.15) is 6.04 Å². The van der Waals surface area contributed by atoms with Gasteiger partial charge in [-0.2, -0.15) is 0 Å². The van der Waals surface area contributed by atoms with Crippen LogP contribution < -0.4 is 10.2 Å². The monoisotopic (exact) mass is 461 g/mol. The summed E-state index contributed by atoms with van der Waals surface area (Å²) in [4.78, 5) is 34.5. The van der Waals surface area contributed by atoms with E-state index in [0.717, 1.165) is 47.4 Å². The molecule has 3 aromatic rings. The summed E-state index contributed by atoms with van der Waals surface area (Å²) >= 11 is 1.55. The molecule has 2 aromatic heterocycles. The molecule has 6 heteroatoms.